The number of hydrogen-bond donors (Lipinski definition) is 2. The van der Waals surface area contributed by atoms with Crippen molar-refractivity contribution in [3.05, 3.63) is 69.6 Å². The molecule has 0 saturated heterocycles. The van der Waals surface area contributed by atoms with Gasteiger partial charge in [-0.05, 0) is 23.3 Å². The van der Waals surface area contributed by atoms with Gasteiger partial charge in [0.1, 0.15) is 5.82 Å². The minimum atomic E-state index is -0.416. The van der Waals surface area contributed by atoms with Crippen LogP contribution >= 0.6 is 11.3 Å². The summed E-state index contributed by atoms with van der Waals surface area (Å²) in [7, 11) is 0. The molecule has 3 rings (SSSR count). The smallest absolute Gasteiger partial charge is 0.269 e. The molecule has 1 aromatic heterocycles. The van der Waals surface area contributed by atoms with Gasteiger partial charge in [0.25, 0.3) is 5.69 Å². The van der Waals surface area contributed by atoms with E-state index >= 15 is 0 Å². The maximum atomic E-state index is 10.8. The summed E-state index contributed by atoms with van der Waals surface area (Å²) < 4.78 is 0. The Hall–Kier alpha value is -3.26. The Balaban J connectivity index is 1.83. The van der Waals surface area contributed by atoms with Gasteiger partial charge in [0.15, 0.2) is 0 Å². The van der Waals surface area contributed by atoms with E-state index in [0.717, 1.165) is 16.7 Å². The highest BCUT2D eigenvalue weighted by Gasteiger charge is 2.07. The highest BCUT2D eigenvalue weighted by Crippen LogP contribution is 2.25. The lowest BCUT2D eigenvalue weighted by atomic mass is 10.0. The average molecular weight is 339 g/mol. The molecular formula is C16H13N5O2S. The fourth-order valence-corrected chi connectivity index (χ4v) is 2.68. The van der Waals surface area contributed by atoms with Crippen LogP contribution in [0.2, 0.25) is 0 Å². The number of aromatic nitrogens is 1. The van der Waals surface area contributed by atoms with E-state index in [9.17, 15) is 10.1 Å². The molecule has 0 amide bonds. The van der Waals surface area contributed by atoms with E-state index in [1.807, 2.05) is 24.3 Å². The van der Waals surface area contributed by atoms with E-state index in [-0.39, 0.29) is 5.69 Å². The Bertz CT molecular complexity index is 889. The maximum absolute atomic E-state index is 10.8. The predicted molar refractivity (Wildman–Crippen MR) is 96.3 cm³/mol. The molecule has 0 atom stereocenters. The molecule has 0 saturated carbocycles. The molecule has 0 fully saturated rings. The second-order valence-corrected chi connectivity index (χ2v) is 5.70. The van der Waals surface area contributed by atoms with Crippen molar-refractivity contribution in [3.8, 4) is 11.1 Å². The second kappa shape index (κ2) is 6.88. The third-order valence-corrected chi connectivity index (χ3v) is 4.00. The zero-order chi connectivity index (χ0) is 16.9. The van der Waals surface area contributed by atoms with Crippen molar-refractivity contribution in [1.29, 1.82) is 0 Å². The predicted octanol–water partition coefficient (Wildman–Crippen LogP) is 3.75. The zero-order valence-electron chi connectivity index (χ0n) is 12.4. The molecule has 0 aliphatic rings. The van der Waals surface area contributed by atoms with Crippen LogP contribution in [0.15, 0.2) is 59.0 Å². The SMILES string of the molecule is Nc1csc(NN=Cc2ccccc2-c2ccc([N+](=O)[O-])cc2)n1. The largest absolute Gasteiger partial charge is 0.383 e. The fourth-order valence-electron chi connectivity index (χ4n) is 2.13. The quantitative estimate of drug-likeness (QED) is 0.418. The Morgan fingerprint density at radius 1 is 1.21 bits per heavy atom. The number of nitrogen functional groups attached to an aromatic ring is 1. The number of nitrogens with one attached hydrogen (secondary N) is 1. The van der Waals surface area contributed by atoms with E-state index in [4.69, 9.17) is 5.73 Å². The molecule has 3 N–H and O–H groups in total. The first-order chi connectivity index (χ1) is 11.6. The Kier molecular flexibility index (Phi) is 4.48. The highest BCUT2D eigenvalue weighted by molar-refractivity contribution is 7.14. The summed E-state index contributed by atoms with van der Waals surface area (Å²) in [5, 5.41) is 17.3. The number of nitrogens with zero attached hydrogens (tertiary/aromatic N) is 3. The monoisotopic (exact) mass is 339 g/mol. The number of hydrazone groups is 1. The van der Waals surface area contributed by atoms with Gasteiger partial charge >= 0.3 is 0 Å². The number of nitrogens with two attached hydrogens (primary N) is 1. The summed E-state index contributed by atoms with van der Waals surface area (Å²) in [6.07, 6.45) is 1.67. The molecule has 0 radical (unpaired) electrons. The molecule has 120 valence electrons. The molecule has 3 aromatic rings. The van der Waals surface area contributed by atoms with Gasteiger partial charge in [-0.2, -0.15) is 5.10 Å². The number of hydrogen-bond acceptors (Lipinski definition) is 7. The Morgan fingerprint density at radius 3 is 2.62 bits per heavy atom. The number of rotatable bonds is 5. The normalized spacial score (nSPS) is 10.8. The first kappa shape index (κ1) is 15.6. The highest BCUT2D eigenvalue weighted by atomic mass is 32.1. The van der Waals surface area contributed by atoms with Gasteiger partial charge in [0.2, 0.25) is 5.13 Å². The van der Waals surface area contributed by atoms with Crippen molar-refractivity contribution < 1.29 is 4.92 Å². The molecule has 7 nitrogen and oxygen atoms in total. The molecule has 0 bridgehead atoms. The lowest BCUT2D eigenvalue weighted by Gasteiger charge is -2.05. The first-order valence-electron chi connectivity index (χ1n) is 6.97. The standard InChI is InChI=1S/C16H13N5O2S/c17-15-10-24-16(19-15)20-18-9-12-3-1-2-4-14(12)11-5-7-13(8-6-11)21(22)23/h1-10H,17H2,(H,19,20). The van der Waals surface area contributed by atoms with E-state index < -0.39 is 4.92 Å². The van der Waals surface area contributed by atoms with Crippen LogP contribution in [-0.4, -0.2) is 16.1 Å². The van der Waals surface area contributed by atoms with Crippen molar-refractivity contribution >= 4 is 34.2 Å². The molecule has 0 unspecified atom stereocenters. The fraction of sp³-hybridized carbons (Fsp3) is 0. The van der Waals surface area contributed by atoms with Crippen molar-refractivity contribution in [2.45, 2.75) is 0 Å². The van der Waals surface area contributed by atoms with Crippen LogP contribution in [0.4, 0.5) is 16.6 Å². The lowest BCUT2D eigenvalue weighted by molar-refractivity contribution is -0.384. The molecule has 0 aliphatic heterocycles. The zero-order valence-corrected chi connectivity index (χ0v) is 13.2. The van der Waals surface area contributed by atoms with Gasteiger partial charge in [-0.3, -0.25) is 15.5 Å². The van der Waals surface area contributed by atoms with Gasteiger partial charge in [-0.1, -0.05) is 24.3 Å². The minimum absolute atomic E-state index is 0.0629. The van der Waals surface area contributed by atoms with E-state index in [2.05, 4.69) is 15.5 Å². The Labute approximate surface area is 141 Å². The van der Waals surface area contributed by atoms with Crippen molar-refractivity contribution in [1.82, 2.24) is 4.98 Å². The van der Waals surface area contributed by atoms with Crippen LogP contribution in [0.25, 0.3) is 11.1 Å². The van der Waals surface area contributed by atoms with Gasteiger partial charge < -0.3 is 5.73 Å². The third-order valence-electron chi connectivity index (χ3n) is 3.24. The summed E-state index contributed by atoms with van der Waals surface area (Å²) in [5.41, 5.74) is 11.1. The van der Waals surface area contributed by atoms with Gasteiger partial charge in [0, 0.05) is 23.1 Å². The minimum Gasteiger partial charge on any atom is -0.383 e. The van der Waals surface area contributed by atoms with Crippen molar-refractivity contribution in [2.75, 3.05) is 11.2 Å². The summed E-state index contributed by atoms with van der Waals surface area (Å²) in [6, 6.07) is 14.1. The van der Waals surface area contributed by atoms with Crippen molar-refractivity contribution in [3.63, 3.8) is 0 Å². The van der Waals surface area contributed by atoms with Gasteiger partial charge in [-0.25, -0.2) is 4.98 Å². The van der Waals surface area contributed by atoms with Crippen LogP contribution in [0.5, 0.6) is 0 Å². The van der Waals surface area contributed by atoms with Gasteiger partial charge in [-0.15, -0.1) is 11.3 Å². The number of nitro benzene ring substituents is 1. The number of non-ortho nitro benzene ring substituents is 1. The lowest BCUT2D eigenvalue weighted by Crippen LogP contribution is -1.93. The molecular weight excluding hydrogens is 326 g/mol. The summed E-state index contributed by atoms with van der Waals surface area (Å²) in [5.74, 6) is 0.448. The van der Waals surface area contributed by atoms with E-state index in [0.29, 0.717) is 10.9 Å². The number of benzene rings is 2. The maximum Gasteiger partial charge on any atom is 0.269 e. The summed E-state index contributed by atoms with van der Waals surface area (Å²) in [6.45, 7) is 0. The van der Waals surface area contributed by atoms with E-state index in [1.165, 1.54) is 23.5 Å². The number of thiazole rings is 1. The number of anilines is 2. The second-order valence-electron chi connectivity index (χ2n) is 4.84. The molecule has 1 heterocycles. The molecule has 0 aliphatic carbocycles. The molecule has 24 heavy (non-hydrogen) atoms. The molecule has 0 spiro atoms. The number of nitro groups is 1. The third kappa shape index (κ3) is 3.55. The molecule has 2 aromatic carbocycles. The van der Waals surface area contributed by atoms with Crippen LogP contribution in [0.3, 0.4) is 0 Å². The van der Waals surface area contributed by atoms with E-state index in [1.54, 1.807) is 23.7 Å². The summed E-state index contributed by atoms with van der Waals surface area (Å²) >= 11 is 1.36. The molecule has 8 heteroatoms. The van der Waals surface area contributed by atoms with Crippen LogP contribution in [-0.2, 0) is 0 Å². The topological polar surface area (TPSA) is 106 Å². The van der Waals surface area contributed by atoms with Crippen LogP contribution < -0.4 is 11.2 Å². The van der Waals surface area contributed by atoms with Crippen LogP contribution in [0.1, 0.15) is 5.56 Å². The van der Waals surface area contributed by atoms with Crippen molar-refractivity contribution in [2.24, 2.45) is 5.10 Å². The first-order valence-corrected chi connectivity index (χ1v) is 7.85. The van der Waals surface area contributed by atoms with Crippen LogP contribution in [0, 0.1) is 10.1 Å². The summed E-state index contributed by atoms with van der Waals surface area (Å²) in [4.78, 5) is 14.4. The Morgan fingerprint density at radius 2 is 1.96 bits per heavy atom. The van der Waals surface area contributed by atoms with Gasteiger partial charge in [0.05, 0.1) is 11.1 Å². The average Bonchev–Trinajstić information content (AvgIpc) is 3.01.